The fraction of sp³-hybridized carbons (Fsp3) is 0.750. The number of aldehydes is 1. The highest BCUT2D eigenvalue weighted by Gasteiger charge is 2.22. The minimum atomic E-state index is -0.364. The first-order chi connectivity index (χ1) is 8.52. The van der Waals surface area contributed by atoms with E-state index in [1.165, 1.54) is 13.8 Å². The number of rotatable bonds is 11. The van der Waals surface area contributed by atoms with E-state index in [-0.39, 0.29) is 30.7 Å². The maximum absolute atomic E-state index is 11.6. The van der Waals surface area contributed by atoms with Crippen LogP contribution in [0.25, 0.3) is 0 Å². The summed E-state index contributed by atoms with van der Waals surface area (Å²) in [6.07, 6.45) is 3.04. The number of nitrogens with one attached hydrogen (secondary N) is 1. The normalized spacial score (nSPS) is 12.4. The van der Waals surface area contributed by atoms with Gasteiger partial charge in [0.25, 0.3) is 0 Å². The maximum atomic E-state index is 11.6. The van der Waals surface area contributed by atoms with Crippen molar-refractivity contribution in [2.24, 2.45) is 5.84 Å². The predicted octanol–water partition coefficient (Wildman–Crippen LogP) is -0.332. The van der Waals surface area contributed by atoms with Crippen molar-refractivity contribution in [3.8, 4) is 0 Å². The van der Waals surface area contributed by atoms with Crippen molar-refractivity contribution in [1.82, 2.24) is 10.3 Å². The van der Waals surface area contributed by atoms with Crippen LogP contribution in [0.1, 0.15) is 33.1 Å². The molecule has 104 valence electrons. The first-order valence-corrected chi connectivity index (χ1v) is 6.14. The van der Waals surface area contributed by atoms with Crippen LogP contribution in [0.2, 0.25) is 0 Å². The molecule has 3 N–H and O–H groups in total. The molecule has 0 aliphatic rings. The molecule has 0 aromatic carbocycles. The fourth-order valence-corrected chi connectivity index (χ4v) is 1.89. The summed E-state index contributed by atoms with van der Waals surface area (Å²) in [6, 6.07) is -0.364. The number of Topliss-reactive ketones (excluding diaryl/α,β-unsaturated/α-hetero) is 2. The Hall–Kier alpha value is -1.11. The Balaban J connectivity index is 4.44. The van der Waals surface area contributed by atoms with Crippen molar-refractivity contribution in [3.63, 3.8) is 0 Å². The molecule has 0 bridgehead atoms. The van der Waals surface area contributed by atoms with E-state index in [9.17, 15) is 14.4 Å². The van der Waals surface area contributed by atoms with E-state index in [1.54, 1.807) is 4.90 Å². The third-order valence-electron chi connectivity index (χ3n) is 2.69. The molecular formula is C12H23N3O3. The average Bonchev–Trinajstić information content (AvgIpc) is 2.27. The lowest BCUT2D eigenvalue weighted by molar-refractivity contribution is -0.125. The minimum absolute atomic E-state index is 0.0150. The minimum Gasteiger partial charge on any atom is -0.302 e. The van der Waals surface area contributed by atoms with Crippen LogP contribution in [0.5, 0.6) is 0 Å². The molecule has 0 spiro atoms. The van der Waals surface area contributed by atoms with E-state index >= 15 is 0 Å². The zero-order chi connectivity index (χ0) is 14.0. The van der Waals surface area contributed by atoms with E-state index in [4.69, 9.17) is 5.84 Å². The number of nitrogens with zero attached hydrogens (tertiary/aromatic N) is 1. The molecule has 0 aromatic heterocycles. The van der Waals surface area contributed by atoms with E-state index in [0.717, 1.165) is 19.1 Å². The van der Waals surface area contributed by atoms with Crippen molar-refractivity contribution in [2.45, 2.75) is 39.2 Å². The smallest absolute Gasteiger partial charge is 0.146 e. The molecule has 0 saturated heterocycles. The Labute approximate surface area is 108 Å². The van der Waals surface area contributed by atoms with Gasteiger partial charge in [0.1, 0.15) is 17.9 Å². The summed E-state index contributed by atoms with van der Waals surface area (Å²) < 4.78 is 0. The number of hydrogen-bond donors (Lipinski definition) is 2. The zero-order valence-electron chi connectivity index (χ0n) is 11.1. The van der Waals surface area contributed by atoms with E-state index < -0.39 is 0 Å². The Kier molecular flexibility index (Phi) is 9.26. The van der Waals surface area contributed by atoms with Gasteiger partial charge in [0, 0.05) is 6.54 Å². The van der Waals surface area contributed by atoms with Gasteiger partial charge in [-0.15, -0.1) is 0 Å². The highest BCUT2D eigenvalue weighted by molar-refractivity contribution is 5.83. The lowest BCUT2D eigenvalue weighted by Gasteiger charge is -2.27. The average molecular weight is 257 g/mol. The second-order valence-electron chi connectivity index (χ2n) is 4.37. The molecule has 1 atom stereocenters. The zero-order valence-corrected chi connectivity index (χ0v) is 11.1. The molecule has 0 heterocycles. The van der Waals surface area contributed by atoms with E-state index in [1.807, 2.05) is 0 Å². The lowest BCUT2D eigenvalue weighted by Crippen LogP contribution is -2.43. The van der Waals surface area contributed by atoms with E-state index in [0.29, 0.717) is 13.0 Å². The molecule has 18 heavy (non-hydrogen) atoms. The summed E-state index contributed by atoms with van der Waals surface area (Å²) in [4.78, 5) is 35.0. The Morgan fingerprint density at radius 1 is 1.33 bits per heavy atom. The van der Waals surface area contributed by atoms with Crippen molar-refractivity contribution in [2.75, 3.05) is 19.6 Å². The summed E-state index contributed by atoms with van der Waals surface area (Å²) in [5, 5.41) is 0. The molecule has 0 saturated carbocycles. The molecular weight excluding hydrogens is 234 g/mol. The predicted molar refractivity (Wildman–Crippen MR) is 68.8 cm³/mol. The molecule has 0 aliphatic carbocycles. The third-order valence-corrected chi connectivity index (χ3v) is 2.69. The van der Waals surface area contributed by atoms with Crippen LogP contribution in [-0.2, 0) is 14.4 Å². The highest BCUT2D eigenvalue weighted by atomic mass is 16.1. The largest absolute Gasteiger partial charge is 0.302 e. The van der Waals surface area contributed by atoms with Crippen LogP contribution in [0.3, 0.4) is 0 Å². The first kappa shape index (κ1) is 16.9. The molecule has 0 aliphatic heterocycles. The monoisotopic (exact) mass is 257 g/mol. The summed E-state index contributed by atoms with van der Waals surface area (Å²) in [5.41, 5.74) is 2.55. The van der Waals surface area contributed by atoms with Gasteiger partial charge in [-0.1, -0.05) is 6.42 Å². The Morgan fingerprint density at radius 2 is 2.00 bits per heavy atom. The van der Waals surface area contributed by atoms with Gasteiger partial charge in [-0.05, 0) is 26.7 Å². The number of hydrogen-bond acceptors (Lipinski definition) is 6. The first-order valence-electron chi connectivity index (χ1n) is 6.14. The summed E-state index contributed by atoms with van der Waals surface area (Å²) in [6.45, 7) is 3.87. The molecule has 0 rings (SSSR count). The molecule has 6 nitrogen and oxygen atoms in total. The number of ketones is 2. The summed E-state index contributed by atoms with van der Waals surface area (Å²) >= 11 is 0. The standard InChI is InChI=1S/C12H23N3O3/c1-10(17)9-15(7-8-16)12(11(2)18)5-3-4-6-14-13/h8,12,14H,3-7,9,13H2,1-2H3. The van der Waals surface area contributed by atoms with Crippen LogP contribution in [0.15, 0.2) is 0 Å². The van der Waals surface area contributed by atoms with Crippen LogP contribution >= 0.6 is 0 Å². The second-order valence-corrected chi connectivity index (χ2v) is 4.37. The number of nitrogens with two attached hydrogens (primary N) is 1. The quantitative estimate of drug-likeness (QED) is 0.228. The van der Waals surface area contributed by atoms with Crippen molar-refractivity contribution in [1.29, 1.82) is 0 Å². The van der Waals surface area contributed by atoms with Crippen molar-refractivity contribution < 1.29 is 14.4 Å². The topological polar surface area (TPSA) is 92.5 Å². The van der Waals surface area contributed by atoms with Gasteiger partial charge in [0.15, 0.2) is 0 Å². The molecule has 0 amide bonds. The fourth-order valence-electron chi connectivity index (χ4n) is 1.89. The Bertz CT molecular complexity index is 282. The SMILES string of the molecule is CC(=O)CN(CC=O)C(CCCCNN)C(C)=O. The van der Waals surface area contributed by atoms with Gasteiger partial charge in [-0.2, -0.15) is 0 Å². The van der Waals surface area contributed by atoms with Crippen LogP contribution in [0, 0.1) is 0 Å². The van der Waals surface area contributed by atoms with Gasteiger partial charge in [0.2, 0.25) is 0 Å². The number of hydrazine groups is 1. The maximum Gasteiger partial charge on any atom is 0.146 e. The van der Waals surface area contributed by atoms with Gasteiger partial charge in [0.05, 0.1) is 19.1 Å². The van der Waals surface area contributed by atoms with Gasteiger partial charge in [-0.25, -0.2) is 0 Å². The summed E-state index contributed by atoms with van der Waals surface area (Å²) in [5.74, 6) is 5.10. The molecule has 0 aromatic rings. The number of carbonyl (C=O) groups excluding carboxylic acids is 3. The van der Waals surface area contributed by atoms with Gasteiger partial charge in [-0.3, -0.25) is 25.8 Å². The van der Waals surface area contributed by atoms with E-state index in [2.05, 4.69) is 5.43 Å². The number of carbonyl (C=O) groups is 3. The lowest BCUT2D eigenvalue weighted by atomic mass is 10.0. The molecule has 0 radical (unpaired) electrons. The van der Waals surface area contributed by atoms with Crippen LogP contribution < -0.4 is 11.3 Å². The van der Waals surface area contributed by atoms with Crippen molar-refractivity contribution >= 4 is 17.9 Å². The van der Waals surface area contributed by atoms with Crippen molar-refractivity contribution in [3.05, 3.63) is 0 Å². The highest BCUT2D eigenvalue weighted by Crippen LogP contribution is 2.10. The van der Waals surface area contributed by atoms with Crippen LogP contribution in [-0.4, -0.2) is 48.4 Å². The number of unbranched alkanes of at least 4 members (excludes halogenated alkanes) is 1. The molecule has 0 fully saturated rings. The van der Waals surface area contributed by atoms with Gasteiger partial charge < -0.3 is 4.79 Å². The van der Waals surface area contributed by atoms with Crippen LogP contribution in [0.4, 0.5) is 0 Å². The summed E-state index contributed by atoms with van der Waals surface area (Å²) in [7, 11) is 0. The third kappa shape index (κ3) is 7.26. The molecule has 6 heteroatoms. The van der Waals surface area contributed by atoms with Gasteiger partial charge >= 0.3 is 0 Å². The Morgan fingerprint density at radius 3 is 2.44 bits per heavy atom. The molecule has 1 unspecified atom stereocenters. The second kappa shape index (κ2) is 9.87.